The Balaban J connectivity index is 1.77. The van der Waals surface area contributed by atoms with Crippen LogP contribution in [0.1, 0.15) is 45.1 Å². The molecule has 0 radical (unpaired) electrons. The lowest BCUT2D eigenvalue weighted by molar-refractivity contribution is 0.198. The van der Waals surface area contributed by atoms with Gasteiger partial charge < -0.3 is 15.0 Å². The van der Waals surface area contributed by atoms with Crippen LogP contribution in [0.3, 0.4) is 0 Å². The largest absolute Gasteiger partial charge is 0.489 e. The molecule has 0 saturated carbocycles. The van der Waals surface area contributed by atoms with Crippen molar-refractivity contribution >= 4 is 0 Å². The number of nitrogens with one attached hydrogen (secondary N) is 1. The number of benzene rings is 1. The van der Waals surface area contributed by atoms with Gasteiger partial charge in [-0.15, -0.1) is 0 Å². The molecule has 0 aliphatic carbocycles. The lowest BCUT2D eigenvalue weighted by Gasteiger charge is -2.20. The highest BCUT2D eigenvalue weighted by Gasteiger charge is 2.32. The second-order valence-corrected chi connectivity index (χ2v) is 5.79. The number of hydrogen-bond acceptors (Lipinski definition) is 3. The summed E-state index contributed by atoms with van der Waals surface area (Å²) in [5.74, 6) is 1.58. The molecular formula is C18H30N2O. The monoisotopic (exact) mass is 290 g/mol. The van der Waals surface area contributed by atoms with Gasteiger partial charge in [0.05, 0.1) is 0 Å². The van der Waals surface area contributed by atoms with Gasteiger partial charge in [-0.1, -0.05) is 39.0 Å². The second kappa shape index (κ2) is 8.40. The van der Waals surface area contributed by atoms with Gasteiger partial charge in [-0.3, -0.25) is 0 Å². The molecule has 0 fully saturated rings. The lowest BCUT2D eigenvalue weighted by atomic mass is 9.94. The Hall–Kier alpha value is -1.06. The molecule has 3 heteroatoms. The van der Waals surface area contributed by atoms with Gasteiger partial charge in [0.25, 0.3) is 0 Å². The highest BCUT2D eigenvalue weighted by Crippen LogP contribution is 2.38. The zero-order valence-corrected chi connectivity index (χ0v) is 13.8. The molecule has 118 valence electrons. The fourth-order valence-corrected chi connectivity index (χ4v) is 3.17. The summed E-state index contributed by atoms with van der Waals surface area (Å²) < 4.78 is 6.05. The third-order valence-electron chi connectivity index (χ3n) is 4.53. The van der Waals surface area contributed by atoms with Crippen molar-refractivity contribution in [3.8, 4) is 5.75 Å². The summed E-state index contributed by atoms with van der Waals surface area (Å²) in [7, 11) is 0. The van der Waals surface area contributed by atoms with E-state index in [0.29, 0.717) is 12.0 Å². The summed E-state index contributed by atoms with van der Waals surface area (Å²) in [6.07, 6.45) is 2.62. The summed E-state index contributed by atoms with van der Waals surface area (Å²) in [6, 6.07) is 8.49. The molecule has 0 saturated heterocycles. The molecule has 3 nitrogen and oxygen atoms in total. The van der Waals surface area contributed by atoms with Gasteiger partial charge in [-0.25, -0.2) is 0 Å². The van der Waals surface area contributed by atoms with Crippen LogP contribution in [0.15, 0.2) is 24.3 Å². The van der Waals surface area contributed by atoms with Crippen molar-refractivity contribution < 1.29 is 4.74 Å². The van der Waals surface area contributed by atoms with E-state index in [2.05, 4.69) is 55.3 Å². The maximum absolute atomic E-state index is 6.05. The van der Waals surface area contributed by atoms with E-state index in [1.807, 2.05) is 0 Å². The molecular weight excluding hydrogens is 260 g/mol. The fourth-order valence-electron chi connectivity index (χ4n) is 3.17. The molecule has 2 unspecified atom stereocenters. The number of nitrogens with zero attached hydrogens (tertiary/aromatic N) is 1. The van der Waals surface area contributed by atoms with Gasteiger partial charge in [-0.2, -0.15) is 0 Å². The Kier molecular flexibility index (Phi) is 6.52. The van der Waals surface area contributed by atoms with Gasteiger partial charge >= 0.3 is 0 Å². The number of rotatable bonds is 9. The minimum atomic E-state index is 0.331. The molecule has 21 heavy (non-hydrogen) atoms. The molecule has 1 heterocycles. The first-order valence-electron chi connectivity index (χ1n) is 8.48. The molecule has 0 bridgehead atoms. The summed E-state index contributed by atoms with van der Waals surface area (Å²) in [5, 5.41) is 3.63. The van der Waals surface area contributed by atoms with E-state index in [1.54, 1.807) is 0 Å². The first-order chi connectivity index (χ1) is 10.3. The maximum atomic E-state index is 6.05. The van der Waals surface area contributed by atoms with Crippen LogP contribution >= 0.6 is 0 Å². The first kappa shape index (κ1) is 16.3. The smallest absolute Gasteiger partial charge is 0.123 e. The van der Waals surface area contributed by atoms with E-state index in [0.717, 1.165) is 38.3 Å². The van der Waals surface area contributed by atoms with Crippen LogP contribution in [0.4, 0.5) is 0 Å². The molecule has 0 aromatic heterocycles. The lowest BCUT2D eigenvalue weighted by Crippen LogP contribution is -2.31. The molecule has 2 atom stereocenters. The van der Waals surface area contributed by atoms with Gasteiger partial charge in [0, 0.05) is 18.0 Å². The third-order valence-corrected chi connectivity index (χ3v) is 4.53. The van der Waals surface area contributed by atoms with Crippen molar-refractivity contribution in [3.05, 3.63) is 29.8 Å². The van der Waals surface area contributed by atoms with Crippen molar-refractivity contribution in [2.24, 2.45) is 0 Å². The van der Waals surface area contributed by atoms with Crippen LogP contribution in [0.25, 0.3) is 0 Å². The molecule has 1 aromatic carbocycles. The van der Waals surface area contributed by atoms with Crippen LogP contribution in [0, 0.1) is 0 Å². The molecule has 0 spiro atoms. The normalized spacial score (nSPS) is 20.6. The van der Waals surface area contributed by atoms with E-state index in [9.17, 15) is 0 Å². The van der Waals surface area contributed by atoms with E-state index >= 15 is 0 Å². The van der Waals surface area contributed by atoms with Gasteiger partial charge in [0.1, 0.15) is 11.9 Å². The zero-order valence-electron chi connectivity index (χ0n) is 13.8. The third kappa shape index (κ3) is 4.21. The Morgan fingerprint density at radius 3 is 2.62 bits per heavy atom. The summed E-state index contributed by atoms with van der Waals surface area (Å²) in [4.78, 5) is 2.48. The minimum Gasteiger partial charge on any atom is -0.489 e. The van der Waals surface area contributed by atoms with Crippen molar-refractivity contribution in [2.45, 2.75) is 45.6 Å². The van der Waals surface area contributed by atoms with Crippen molar-refractivity contribution in [1.82, 2.24) is 10.2 Å². The highest BCUT2D eigenvalue weighted by atomic mass is 16.5. The highest BCUT2D eigenvalue weighted by molar-refractivity contribution is 5.41. The average molecular weight is 290 g/mol. The van der Waals surface area contributed by atoms with Gasteiger partial charge in [0.2, 0.25) is 0 Å². The number of fused-ring (bicyclic) bond motifs is 1. The van der Waals surface area contributed by atoms with Crippen LogP contribution in [0.2, 0.25) is 0 Å². The Morgan fingerprint density at radius 1 is 1.14 bits per heavy atom. The average Bonchev–Trinajstić information content (AvgIpc) is 2.89. The van der Waals surface area contributed by atoms with Crippen LogP contribution < -0.4 is 10.1 Å². The summed E-state index contributed by atoms with van der Waals surface area (Å²) in [6.45, 7) is 12.3. The predicted molar refractivity (Wildman–Crippen MR) is 89.2 cm³/mol. The SMILES string of the molecule is CCC1Oc2ccccc2C1CNCCCN(CC)CC. The Labute approximate surface area is 129 Å². The van der Waals surface area contributed by atoms with Crippen LogP contribution in [-0.4, -0.2) is 43.7 Å². The van der Waals surface area contributed by atoms with Gasteiger partial charge in [-0.05, 0) is 45.1 Å². The zero-order chi connectivity index (χ0) is 15.1. The quantitative estimate of drug-likeness (QED) is 0.707. The summed E-state index contributed by atoms with van der Waals surface area (Å²) in [5.41, 5.74) is 1.38. The van der Waals surface area contributed by atoms with Crippen LogP contribution in [0.5, 0.6) is 5.75 Å². The standard InChI is InChI=1S/C18H30N2O/c1-4-17-16(15-10-7-8-11-18(15)21-17)14-19-12-9-13-20(5-2)6-3/h7-8,10-11,16-17,19H,4-6,9,12-14H2,1-3H3. The molecule has 1 aliphatic heterocycles. The Bertz CT molecular complexity index is 417. The summed E-state index contributed by atoms with van der Waals surface area (Å²) >= 11 is 0. The number of para-hydroxylation sites is 1. The van der Waals surface area contributed by atoms with Gasteiger partial charge in [0.15, 0.2) is 0 Å². The van der Waals surface area contributed by atoms with Crippen molar-refractivity contribution in [3.63, 3.8) is 0 Å². The molecule has 1 N–H and O–H groups in total. The van der Waals surface area contributed by atoms with E-state index in [4.69, 9.17) is 4.74 Å². The topological polar surface area (TPSA) is 24.5 Å². The molecule has 2 rings (SSSR count). The molecule has 1 aliphatic rings. The minimum absolute atomic E-state index is 0.331. The van der Waals surface area contributed by atoms with E-state index < -0.39 is 0 Å². The predicted octanol–water partition coefficient (Wildman–Crippen LogP) is 3.26. The van der Waals surface area contributed by atoms with E-state index in [-0.39, 0.29) is 0 Å². The number of ether oxygens (including phenoxy) is 1. The Morgan fingerprint density at radius 2 is 1.90 bits per heavy atom. The molecule has 0 amide bonds. The van der Waals surface area contributed by atoms with Crippen LogP contribution in [-0.2, 0) is 0 Å². The number of hydrogen-bond donors (Lipinski definition) is 1. The second-order valence-electron chi connectivity index (χ2n) is 5.79. The fraction of sp³-hybridized carbons (Fsp3) is 0.667. The van der Waals surface area contributed by atoms with Crippen molar-refractivity contribution in [1.29, 1.82) is 0 Å². The van der Waals surface area contributed by atoms with E-state index in [1.165, 1.54) is 18.5 Å². The molecule has 1 aromatic rings. The first-order valence-corrected chi connectivity index (χ1v) is 8.48. The van der Waals surface area contributed by atoms with Crippen molar-refractivity contribution in [2.75, 3.05) is 32.7 Å². The maximum Gasteiger partial charge on any atom is 0.123 e.